The highest BCUT2D eigenvalue weighted by atomic mass is 19.4. The van der Waals surface area contributed by atoms with Gasteiger partial charge in [-0.25, -0.2) is 0 Å². The summed E-state index contributed by atoms with van der Waals surface area (Å²) in [5.74, 6) is -0.989. The minimum absolute atomic E-state index is 0.0432. The van der Waals surface area contributed by atoms with Gasteiger partial charge in [0.2, 0.25) is 0 Å². The largest absolute Gasteiger partial charge is 0.490 e. The van der Waals surface area contributed by atoms with Crippen LogP contribution in [0.5, 0.6) is 5.75 Å². The lowest BCUT2D eigenvalue weighted by molar-refractivity contribution is -0.137. The van der Waals surface area contributed by atoms with Crippen LogP contribution in [0.4, 0.5) is 13.2 Å². The molecule has 2 aromatic rings. The van der Waals surface area contributed by atoms with E-state index in [2.05, 4.69) is 11.6 Å². The molecule has 0 radical (unpaired) electrons. The number of carbonyl (C=O) groups excluding carboxylic acids is 1. The highest BCUT2D eigenvalue weighted by Gasteiger charge is 2.32. The fourth-order valence-electron chi connectivity index (χ4n) is 3.97. The zero-order valence-corrected chi connectivity index (χ0v) is 20.4. The van der Waals surface area contributed by atoms with Crippen molar-refractivity contribution in [2.24, 2.45) is 12.0 Å². The van der Waals surface area contributed by atoms with Crippen LogP contribution in [0.25, 0.3) is 0 Å². The van der Waals surface area contributed by atoms with Crippen LogP contribution in [0.3, 0.4) is 0 Å². The number of rotatable bonds is 7. The van der Waals surface area contributed by atoms with Crippen LogP contribution in [0.2, 0.25) is 0 Å². The van der Waals surface area contributed by atoms with Gasteiger partial charge in [-0.2, -0.15) is 18.2 Å². The highest BCUT2D eigenvalue weighted by molar-refractivity contribution is 5.97. The maximum absolute atomic E-state index is 13.4. The molecule has 7 nitrogen and oxygen atoms in total. The fraction of sp³-hybridized carbons (Fsp3) is 0.520. The van der Waals surface area contributed by atoms with Gasteiger partial charge in [0.15, 0.2) is 5.49 Å². The Morgan fingerprint density at radius 3 is 2.63 bits per heavy atom. The summed E-state index contributed by atoms with van der Waals surface area (Å²) in [6.07, 6.45) is -2.71. The molecule has 0 bridgehead atoms. The highest BCUT2D eigenvalue weighted by Crippen LogP contribution is 2.33. The van der Waals surface area contributed by atoms with E-state index < -0.39 is 23.8 Å². The van der Waals surface area contributed by atoms with Crippen molar-refractivity contribution in [2.75, 3.05) is 13.2 Å². The number of benzene rings is 1. The Morgan fingerprint density at radius 1 is 1.34 bits per heavy atom. The summed E-state index contributed by atoms with van der Waals surface area (Å²) in [6.45, 7) is 10.3. The van der Waals surface area contributed by atoms with Gasteiger partial charge in [0.1, 0.15) is 18.5 Å². The van der Waals surface area contributed by atoms with Crippen molar-refractivity contribution in [1.82, 2.24) is 9.36 Å². The first kappa shape index (κ1) is 26.7. The van der Waals surface area contributed by atoms with Gasteiger partial charge in [-0.1, -0.05) is 26.8 Å². The van der Waals surface area contributed by atoms with Crippen LogP contribution in [0.15, 0.2) is 41.9 Å². The number of carbonyl (C=O) groups is 1. The molecule has 2 heterocycles. The van der Waals surface area contributed by atoms with Crippen LogP contribution >= 0.6 is 0 Å². The van der Waals surface area contributed by atoms with E-state index >= 15 is 0 Å². The predicted octanol–water partition coefficient (Wildman–Crippen LogP) is 3.99. The van der Waals surface area contributed by atoms with Gasteiger partial charge >= 0.3 is 6.18 Å². The molecular formula is C25H32F3N3O4. The minimum Gasteiger partial charge on any atom is -0.490 e. The minimum atomic E-state index is -4.65. The molecule has 0 spiro atoms. The molecule has 1 saturated heterocycles. The maximum Gasteiger partial charge on any atom is 0.416 e. The molecule has 3 rings (SSSR count). The lowest BCUT2D eigenvalue weighted by Gasteiger charge is -2.21. The molecule has 1 amide bonds. The quantitative estimate of drug-likeness (QED) is 0.590. The average molecular weight is 496 g/mol. The van der Waals surface area contributed by atoms with Gasteiger partial charge in [-0.05, 0) is 31.0 Å². The molecular weight excluding hydrogens is 463 g/mol. The van der Waals surface area contributed by atoms with Crippen LogP contribution in [0, 0.1) is 0 Å². The number of hydrogen-bond donors (Lipinski definition) is 1. The topological polar surface area (TPSA) is 78.0 Å². The first-order chi connectivity index (χ1) is 16.3. The third-order valence-electron chi connectivity index (χ3n) is 5.85. The molecule has 1 fully saturated rings. The Morgan fingerprint density at radius 2 is 2.06 bits per heavy atom. The van der Waals surface area contributed by atoms with E-state index in [4.69, 9.17) is 9.47 Å². The number of aromatic nitrogens is 2. The van der Waals surface area contributed by atoms with Crippen molar-refractivity contribution < 1.29 is 32.5 Å². The van der Waals surface area contributed by atoms with Crippen LogP contribution in [-0.4, -0.2) is 45.8 Å². The van der Waals surface area contributed by atoms with Gasteiger partial charge in [-0.15, -0.1) is 6.58 Å². The number of aliphatic hydroxyl groups excluding tert-OH is 1. The summed E-state index contributed by atoms with van der Waals surface area (Å²) in [5, 5.41) is 9.70. The van der Waals surface area contributed by atoms with Crippen molar-refractivity contribution in [1.29, 1.82) is 0 Å². The molecule has 1 aromatic heterocycles. The molecule has 192 valence electrons. The van der Waals surface area contributed by atoms with Gasteiger partial charge in [-0.3, -0.25) is 14.2 Å². The Hall–Kier alpha value is -2.85. The Bertz CT molecular complexity index is 1140. The van der Waals surface area contributed by atoms with Gasteiger partial charge in [0, 0.05) is 30.8 Å². The second kappa shape index (κ2) is 10.4. The number of halogens is 3. The van der Waals surface area contributed by atoms with Crippen LogP contribution in [-0.2, 0) is 29.9 Å². The van der Waals surface area contributed by atoms with E-state index in [0.717, 1.165) is 36.7 Å². The van der Waals surface area contributed by atoms with Crippen molar-refractivity contribution >= 4 is 5.91 Å². The fourth-order valence-corrected chi connectivity index (χ4v) is 3.97. The van der Waals surface area contributed by atoms with Crippen molar-refractivity contribution in [3.63, 3.8) is 0 Å². The summed E-state index contributed by atoms with van der Waals surface area (Å²) in [5.41, 5.74) is -0.400. The molecule has 2 atom stereocenters. The summed E-state index contributed by atoms with van der Waals surface area (Å²) in [6, 6.07) is 4.37. The van der Waals surface area contributed by atoms with E-state index in [1.54, 1.807) is 6.07 Å². The average Bonchev–Trinajstić information content (AvgIpc) is 3.40. The Labute approximate surface area is 202 Å². The number of ether oxygens (including phenoxy) is 2. The molecule has 0 aliphatic carbocycles. The molecule has 0 unspecified atom stereocenters. The lowest BCUT2D eigenvalue weighted by atomic mass is 9.92. The molecule has 0 saturated carbocycles. The molecule has 1 aromatic carbocycles. The van der Waals surface area contributed by atoms with Gasteiger partial charge in [0.25, 0.3) is 5.91 Å². The third-order valence-corrected chi connectivity index (χ3v) is 5.85. The van der Waals surface area contributed by atoms with Crippen molar-refractivity contribution in [3.05, 3.63) is 59.2 Å². The van der Waals surface area contributed by atoms with E-state index in [1.807, 2.05) is 37.2 Å². The summed E-state index contributed by atoms with van der Waals surface area (Å²) in [4.78, 5) is 17.5. The normalized spacial score (nSPS) is 18.1. The number of hydrogen-bond acceptors (Lipinski definition) is 4. The Balaban J connectivity index is 2.09. The molecule has 35 heavy (non-hydrogen) atoms. The van der Waals surface area contributed by atoms with Crippen molar-refractivity contribution in [2.45, 2.75) is 64.0 Å². The zero-order valence-electron chi connectivity index (χ0n) is 20.4. The van der Waals surface area contributed by atoms with Gasteiger partial charge in [0.05, 0.1) is 23.8 Å². The number of nitrogens with zero attached hydrogens (tertiary/aromatic N) is 3. The molecule has 1 aliphatic rings. The second-order valence-corrected chi connectivity index (χ2v) is 9.62. The smallest absolute Gasteiger partial charge is 0.416 e. The van der Waals surface area contributed by atoms with Crippen LogP contribution in [0.1, 0.15) is 55.2 Å². The summed E-state index contributed by atoms with van der Waals surface area (Å²) >= 11 is 0. The van der Waals surface area contributed by atoms with Gasteiger partial charge < -0.3 is 14.6 Å². The Kier molecular flexibility index (Phi) is 7.96. The first-order valence-electron chi connectivity index (χ1n) is 11.4. The standard InChI is InChI=1S/C25H32F3N3O4/c1-6-17(32)15-35-20-10-9-16(25(26,27)28)12-19(20)23(33)29-22-13-21(24(2,3)4)30(5)31(22)14-18-8-7-11-34-18/h6,9-10,12-13,17-18,32H,1,7-8,11,14-15H2,2-5H3/t17-,18-/m1/s1. The third kappa shape index (κ3) is 6.43. The summed E-state index contributed by atoms with van der Waals surface area (Å²) < 4.78 is 55.0. The number of aliphatic hydroxyl groups is 1. The monoisotopic (exact) mass is 495 g/mol. The van der Waals surface area contributed by atoms with E-state index in [1.165, 1.54) is 6.08 Å². The van der Waals surface area contributed by atoms with E-state index in [-0.39, 0.29) is 29.4 Å². The maximum atomic E-state index is 13.4. The van der Waals surface area contributed by atoms with E-state index in [0.29, 0.717) is 18.6 Å². The van der Waals surface area contributed by atoms with Crippen molar-refractivity contribution in [3.8, 4) is 5.75 Å². The van der Waals surface area contributed by atoms with E-state index in [9.17, 15) is 23.1 Å². The lowest BCUT2D eigenvalue weighted by Crippen LogP contribution is -2.30. The zero-order chi connectivity index (χ0) is 26.0. The number of alkyl halides is 3. The second-order valence-electron chi connectivity index (χ2n) is 9.62. The summed E-state index contributed by atoms with van der Waals surface area (Å²) in [7, 11) is 1.86. The molecule has 1 aliphatic heterocycles. The number of amides is 1. The van der Waals surface area contributed by atoms with Crippen LogP contribution < -0.4 is 10.2 Å². The first-order valence-corrected chi connectivity index (χ1v) is 11.4. The molecule has 10 heteroatoms. The SMILES string of the molecule is C=C[C@@H](O)COc1ccc(C(F)(F)F)cc1C(=O)N=c1cc(C(C)(C)C)n(C)n1C[C@H]1CCCO1. The molecule has 1 N–H and O–H groups in total. The predicted molar refractivity (Wildman–Crippen MR) is 124 cm³/mol.